The summed E-state index contributed by atoms with van der Waals surface area (Å²) in [6.07, 6.45) is 3.65. The third-order valence-electron chi connectivity index (χ3n) is 3.27. The molecular weight excluding hydrogens is 252 g/mol. The lowest BCUT2D eigenvalue weighted by atomic mass is 10.3. The highest BCUT2D eigenvalue weighted by molar-refractivity contribution is 7.89. The first-order valence-electron chi connectivity index (χ1n) is 6.81. The van der Waals surface area contributed by atoms with E-state index < -0.39 is 10.0 Å². The summed E-state index contributed by atoms with van der Waals surface area (Å²) in [7, 11) is -1.43. The average Bonchev–Trinajstić information content (AvgIpc) is 2.83. The van der Waals surface area contributed by atoms with Gasteiger partial charge in [-0.05, 0) is 38.8 Å². The Balaban J connectivity index is 2.20. The molecule has 1 rings (SSSR count). The van der Waals surface area contributed by atoms with E-state index in [4.69, 9.17) is 4.74 Å². The highest BCUT2D eigenvalue weighted by atomic mass is 32.2. The Labute approximate surface area is 111 Å². The van der Waals surface area contributed by atoms with Crippen LogP contribution in [0.25, 0.3) is 0 Å². The standard InChI is InChI=1S/C12H26N2O3S/c1-3-7-13-8-4-5-10-18(15,16)14-9-6-12(11-14)17-2/h12-13H,3-11H2,1-2H3. The Bertz CT molecular complexity index is 319. The highest BCUT2D eigenvalue weighted by Gasteiger charge is 2.30. The number of hydrogen-bond donors (Lipinski definition) is 1. The Morgan fingerprint density at radius 2 is 2.11 bits per heavy atom. The highest BCUT2D eigenvalue weighted by Crippen LogP contribution is 2.16. The van der Waals surface area contributed by atoms with Crippen molar-refractivity contribution in [1.29, 1.82) is 0 Å². The molecule has 0 aromatic rings. The molecule has 0 radical (unpaired) electrons. The summed E-state index contributed by atoms with van der Waals surface area (Å²) in [6.45, 7) is 5.16. The fourth-order valence-electron chi connectivity index (χ4n) is 2.11. The van der Waals surface area contributed by atoms with Crippen molar-refractivity contribution in [3.63, 3.8) is 0 Å². The van der Waals surface area contributed by atoms with E-state index in [0.717, 1.165) is 38.8 Å². The monoisotopic (exact) mass is 278 g/mol. The Morgan fingerprint density at radius 1 is 1.33 bits per heavy atom. The normalized spacial score (nSPS) is 21.6. The van der Waals surface area contributed by atoms with Crippen LogP contribution in [-0.2, 0) is 14.8 Å². The van der Waals surface area contributed by atoms with Crippen LogP contribution in [0.5, 0.6) is 0 Å². The summed E-state index contributed by atoms with van der Waals surface area (Å²) in [5, 5.41) is 3.28. The zero-order valence-electron chi connectivity index (χ0n) is 11.5. The van der Waals surface area contributed by atoms with Crippen molar-refractivity contribution < 1.29 is 13.2 Å². The first kappa shape index (κ1) is 15.9. The van der Waals surface area contributed by atoms with Crippen molar-refractivity contribution in [2.24, 2.45) is 0 Å². The van der Waals surface area contributed by atoms with Gasteiger partial charge in [0, 0.05) is 20.2 Å². The summed E-state index contributed by atoms with van der Waals surface area (Å²) in [4.78, 5) is 0. The van der Waals surface area contributed by atoms with E-state index in [1.165, 1.54) is 0 Å². The molecule has 6 heteroatoms. The molecule has 18 heavy (non-hydrogen) atoms. The van der Waals surface area contributed by atoms with Crippen LogP contribution in [0.15, 0.2) is 0 Å². The number of sulfonamides is 1. The van der Waals surface area contributed by atoms with Gasteiger partial charge < -0.3 is 10.1 Å². The van der Waals surface area contributed by atoms with Crippen molar-refractivity contribution in [2.45, 2.75) is 38.7 Å². The fourth-order valence-corrected chi connectivity index (χ4v) is 3.71. The molecule has 1 unspecified atom stereocenters. The molecule has 0 saturated carbocycles. The second-order valence-corrected chi connectivity index (χ2v) is 6.87. The minimum atomic E-state index is -3.07. The number of ether oxygens (including phenoxy) is 1. The maximum Gasteiger partial charge on any atom is 0.214 e. The molecule has 0 aromatic heterocycles. The minimum Gasteiger partial charge on any atom is -0.380 e. The summed E-state index contributed by atoms with van der Waals surface area (Å²) in [5.74, 6) is 0.261. The average molecular weight is 278 g/mol. The van der Waals surface area contributed by atoms with E-state index in [2.05, 4.69) is 12.2 Å². The first-order chi connectivity index (χ1) is 8.60. The number of nitrogens with one attached hydrogen (secondary N) is 1. The molecule has 1 aliphatic heterocycles. The summed E-state index contributed by atoms with van der Waals surface area (Å²) < 4.78 is 30.8. The van der Waals surface area contributed by atoms with Crippen LogP contribution >= 0.6 is 0 Å². The molecule has 5 nitrogen and oxygen atoms in total. The SMILES string of the molecule is CCCNCCCCS(=O)(=O)N1CCC(OC)C1. The van der Waals surface area contributed by atoms with Crippen LogP contribution in [0, 0.1) is 0 Å². The maximum atomic E-state index is 12.0. The number of hydrogen-bond acceptors (Lipinski definition) is 4. The molecule has 1 heterocycles. The topological polar surface area (TPSA) is 58.6 Å². The Morgan fingerprint density at radius 3 is 2.72 bits per heavy atom. The third kappa shape index (κ3) is 5.22. The van der Waals surface area contributed by atoms with E-state index in [9.17, 15) is 8.42 Å². The third-order valence-corrected chi connectivity index (χ3v) is 5.19. The van der Waals surface area contributed by atoms with Gasteiger partial charge in [0.05, 0.1) is 11.9 Å². The van der Waals surface area contributed by atoms with Gasteiger partial charge in [0.2, 0.25) is 10.0 Å². The fraction of sp³-hybridized carbons (Fsp3) is 1.00. The molecule has 1 fully saturated rings. The van der Waals surface area contributed by atoms with Crippen molar-refractivity contribution in [3.05, 3.63) is 0 Å². The van der Waals surface area contributed by atoms with Crippen LogP contribution in [0.4, 0.5) is 0 Å². The summed E-state index contributed by atoms with van der Waals surface area (Å²) in [5.41, 5.74) is 0. The number of unbranched alkanes of at least 4 members (excludes halogenated alkanes) is 1. The molecular formula is C12H26N2O3S. The minimum absolute atomic E-state index is 0.0750. The lowest BCUT2D eigenvalue weighted by molar-refractivity contribution is 0.115. The quantitative estimate of drug-likeness (QED) is 0.634. The van der Waals surface area contributed by atoms with Crippen molar-refractivity contribution >= 4 is 10.0 Å². The van der Waals surface area contributed by atoms with E-state index in [-0.39, 0.29) is 11.9 Å². The van der Waals surface area contributed by atoms with Crippen LogP contribution in [-0.4, -0.2) is 57.9 Å². The van der Waals surface area contributed by atoms with Crippen LogP contribution < -0.4 is 5.32 Å². The second kappa shape index (κ2) is 8.09. The molecule has 1 N–H and O–H groups in total. The van der Waals surface area contributed by atoms with Gasteiger partial charge in [-0.25, -0.2) is 8.42 Å². The maximum absolute atomic E-state index is 12.0. The second-order valence-electron chi connectivity index (χ2n) is 4.78. The zero-order chi connectivity index (χ0) is 13.4. The van der Waals surface area contributed by atoms with Gasteiger partial charge in [-0.3, -0.25) is 0 Å². The molecule has 0 aromatic carbocycles. The van der Waals surface area contributed by atoms with Crippen molar-refractivity contribution in [1.82, 2.24) is 9.62 Å². The van der Waals surface area contributed by atoms with Crippen molar-refractivity contribution in [3.8, 4) is 0 Å². The first-order valence-corrected chi connectivity index (χ1v) is 8.42. The van der Waals surface area contributed by atoms with Crippen LogP contribution in [0.1, 0.15) is 32.6 Å². The predicted octanol–water partition coefficient (Wildman–Crippen LogP) is 0.817. The Kier molecular flexibility index (Phi) is 7.14. The zero-order valence-corrected chi connectivity index (χ0v) is 12.3. The van der Waals surface area contributed by atoms with Crippen molar-refractivity contribution in [2.75, 3.05) is 39.0 Å². The molecule has 108 valence electrons. The number of rotatable bonds is 9. The molecule has 0 spiro atoms. The molecule has 1 saturated heterocycles. The van der Waals surface area contributed by atoms with Gasteiger partial charge in [0.1, 0.15) is 0 Å². The summed E-state index contributed by atoms with van der Waals surface area (Å²) in [6, 6.07) is 0. The van der Waals surface area contributed by atoms with Crippen LogP contribution in [0.3, 0.4) is 0 Å². The molecule has 1 aliphatic rings. The van der Waals surface area contributed by atoms with Gasteiger partial charge in [-0.1, -0.05) is 6.92 Å². The molecule has 1 atom stereocenters. The van der Waals surface area contributed by atoms with Gasteiger partial charge in [-0.2, -0.15) is 4.31 Å². The lowest BCUT2D eigenvalue weighted by Gasteiger charge is -2.16. The van der Waals surface area contributed by atoms with Gasteiger partial charge in [0.25, 0.3) is 0 Å². The molecule has 0 aliphatic carbocycles. The lowest BCUT2D eigenvalue weighted by Crippen LogP contribution is -2.32. The summed E-state index contributed by atoms with van der Waals surface area (Å²) >= 11 is 0. The van der Waals surface area contributed by atoms with E-state index >= 15 is 0 Å². The number of methoxy groups -OCH3 is 1. The molecule has 0 amide bonds. The predicted molar refractivity (Wildman–Crippen MR) is 73.2 cm³/mol. The van der Waals surface area contributed by atoms with Crippen LogP contribution in [0.2, 0.25) is 0 Å². The largest absolute Gasteiger partial charge is 0.380 e. The van der Waals surface area contributed by atoms with E-state index in [1.54, 1.807) is 11.4 Å². The Hall–Kier alpha value is -0.170. The van der Waals surface area contributed by atoms with E-state index in [1.807, 2.05) is 0 Å². The number of nitrogens with zero attached hydrogens (tertiary/aromatic N) is 1. The van der Waals surface area contributed by atoms with Gasteiger partial charge >= 0.3 is 0 Å². The molecule has 0 bridgehead atoms. The smallest absolute Gasteiger partial charge is 0.214 e. The van der Waals surface area contributed by atoms with Gasteiger partial charge in [0.15, 0.2) is 0 Å². The van der Waals surface area contributed by atoms with E-state index in [0.29, 0.717) is 13.1 Å². The van der Waals surface area contributed by atoms with Gasteiger partial charge in [-0.15, -0.1) is 0 Å².